The lowest BCUT2D eigenvalue weighted by Crippen LogP contribution is -2.22. The van der Waals surface area contributed by atoms with E-state index in [4.69, 9.17) is 9.84 Å². The molecule has 1 rings (SSSR count). The van der Waals surface area contributed by atoms with Crippen molar-refractivity contribution in [2.24, 2.45) is 0 Å². The van der Waals surface area contributed by atoms with Crippen LogP contribution >= 0.6 is 0 Å². The molecule has 0 fully saturated rings. The van der Waals surface area contributed by atoms with Gasteiger partial charge in [-0.2, -0.15) is 0 Å². The number of aliphatic carboxylic acids is 1. The van der Waals surface area contributed by atoms with Crippen molar-refractivity contribution in [1.29, 1.82) is 0 Å². The van der Waals surface area contributed by atoms with Crippen molar-refractivity contribution >= 4 is 5.97 Å². The third-order valence-corrected chi connectivity index (χ3v) is 2.94. The molecule has 0 aromatic heterocycles. The van der Waals surface area contributed by atoms with Crippen LogP contribution in [-0.2, 0) is 4.79 Å². The molecule has 0 amide bonds. The van der Waals surface area contributed by atoms with E-state index in [0.717, 1.165) is 16.9 Å². The van der Waals surface area contributed by atoms with E-state index in [1.165, 1.54) is 0 Å². The van der Waals surface area contributed by atoms with Gasteiger partial charge >= 0.3 is 5.97 Å². The fourth-order valence-corrected chi connectivity index (χ4v) is 2.03. The zero-order valence-electron chi connectivity index (χ0n) is 12.3. The van der Waals surface area contributed by atoms with Crippen molar-refractivity contribution in [3.63, 3.8) is 0 Å². The van der Waals surface area contributed by atoms with Crippen molar-refractivity contribution in [2.45, 2.75) is 39.3 Å². The SMILES string of the molecule is Cc1cc(C(CC(=O)O)N(C)C)ccc1OC(C)C. The van der Waals surface area contributed by atoms with Gasteiger partial charge in [0.15, 0.2) is 0 Å². The number of nitrogens with zero attached hydrogens (tertiary/aromatic N) is 1. The molecule has 1 atom stereocenters. The molecule has 0 spiro atoms. The van der Waals surface area contributed by atoms with E-state index in [0.29, 0.717) is 0 Å². The first kappa shape index (κ1) is 15.5. The summed E-state index contributed by atoms with van der Waals surface area (Å²) in [5.41, 5.74) is 2.03. The summed E-state index contributed by atoms with van der Waals surface area (Å²) in [7, 11) is 3.78. The molecule has 0 radical (unpaired) electrons. The minimum atomic E-state index is -0.793. The molecule has 1 unspecified atom stereocenters. The van der Waals surface area contributed by atoms with Crippen LogP contribution in [0.25, 0.3) is 0 Å². The summed E-state index contributed by atoms with van der Waals surface area (Å²) in [6.45, 7) is 5.95. The average molecular weight is 265 g/mol. The Bertz CT molecular complexity index is 441. The van der Waals surface area contributed by atoms with E-state index in [1.807, 2.05) is 58.0 Å². The number of rotatable bonds is 6. The molecule has 0 heterocycles. The van der Waals surface area contributed by atoms with Crippen LogP contribution in [0.4, 0.5) is 0 Å². The number of aryl methyl sites for hydroxylation is 1. The van der Waals surface area contributed by atoms with Gasteiger partial charge in [0.1, 0.15) is 5.75 Å². The fraction of sp³-hybridized carbons (Fsp3) is 0.533. The molecular weight excluding hydrogens is 242 g/mol. The van der Waals surface area contributed by atoms with Gasteiger partial charge in [-0.15, -0.1) is 0 Å². The largest absolute Gasteiger partial charge is 0.491 e. The van der Waals surface area contributed by atoms with E-state index in [9.17, 15) is 4.79 Å². The van der Waals surface area contributed by atoms with Gasteiger partial charge in [-0.25, -0.2) is 0 Å². The summed E-state index contributed by atoms with van der Waals surface area (Å²) in [5.74, 6) is 0.0606. The van der Waals surface area contributed by atoms with Crippen LogP contribution in [0, 0.1) is 6.92 Å². The zero-order valence-corrected chi connectivity index (χ0v) is 12.3. The summed E-state index contributed by atoms with van der Waals surface area (Å²) in [4.78, 5) is 12.9. The second-order valence-electron chi connectivity index (χ2n) is 5.27. The van der Waals surface area contributed by atoms with Crippen LogP contribution in [0.5, 0.6) is 5.75 Å². The van der Waals surface area contributed by atoms with Crippen LogP contribution in [0.2, 0.25) is 0 Å². The second kappa shape index (κ2) is 6.57. The van der Waals surface area contributed by atoms with Crippen LogP contribution in [-0.4, -0.2) is 36.2 Å². The number of hydrogen-bond acceptors (Lipinski definition) is 3. The minimum Gasteiger partial charge on any atom is -0.491 e. The number of hydrogen-bond donors (Lipinski definition) is 1. The third-order valence-electron chi connectivity index (χ3n) is 2.94. The molecule has 4 nitrogen and oxygen atoms in total. The van der Waals surface area contributed by atoms with Crippen LogP contribution in [0.15, 0.2) is 18.2 Å². The van der Waals surface area contributed by atoms with Crippen molar-refractivity contribution in [1.82, 2.24) is 4.90 Å². The molecule has 0 saturated heterocycles. The lowest BCUT2D eigenvalue weighted by Gasteiger charge is -2.24. The zero-order chi connectivity index (χ0) is 14.6. The Morgan fingerprint density at radius 2 is 2.00 bits per heavy atom. The molecule has 0 aliphatic rings. The summed E-state index contributed by atoms with van der Waals surface area (Å²) in [5, 5.41) is 8.99. The van der Waals surface area contributed by atoms with Crippen LogP contribution in [0.3, 0.4) is 0 Å². The Morgan fingerprint density at radius 3 is 2.42 bits per heavy atom. The smallest absolute Gasteiger partial charge is 0.305 e. The molecule has 0 aliphatic heterocycles. The van der Waals surface area contributed by atoms with E-state index >= 15 is 0 Å². The van der Waals surface area contributed by atoms with E-state index < -0.39 is 5.97 Å². The maximum atomic E-state index is 10.9. The topological polar surface area (TPSA) is 49.8 Å². The highest BCUT2D eigenvalue weighted by atomic mass is 16.5. The number of carboxylic acids is 1. The molecule has 1 aromatic carbocycles. The van der Waals surface area contributed by atoms with E-state index in [-0.39, 0.29) is 18.6 Å². The first-order chi connectivity index (χ1) is 8.81. The first-order valence-electron chi connectivity index (χ1n) is 6.46. The highest BCUT2D eigenvalue weighted by molar-refractivity contribution is 5.68. The lowest BCUT2D eigenvalue weighted by atomic mass is 10.0. The van der Waals surface area contributed by atoms with Gasteiger partial charge in [0.05, 0.1) is 12.5 Å². The monoisotopic (exact) mass is 265 g/mol. The Labute approximate surface area is 115 Å². The van der Waals surface area contributed by atoms with Crippen molar-refractivity contribution in [3.05, 3.63) is 29.3 Å². The summed E-state index contributed by atoms with van der Waals surface area (Å²) in [6.07, 6.45) is 0.227. The lowest BCUT2D eigenvalue weighted by molar-refractivity contribution is -0.138. The van der Waals surface area contributed by atoms with Crippen LogP contribution in [0.1, 0.15) is 37.4 Å². The molecule has 0 bridgehead atoms. The maximum absolute atomic E-state index is 10.9. The summed E-state index contributed by atoms with van der Waals surface area (Å²) in [6, 6.07) is 5.75. The molecular formula is C15H23NO3. The van der Waals surface area contributed by atoms with Gasteiger partial charge in [-0.3, -0.25) is 4.79 Å². The molecule has 19 heavy (non-hydrogen) atoms. The van der Waals surface area contributed by atoms with Gasteiger partial charge in [0.25, 0.3) is 0 Å². The Balaban J connectivity index is 2.99. The third kappa shape index (κ3) is 4.56. The number of benzene rings is 1. The maximum Gasteiger partial charge on any atom is 0.305 e. The number of carboxylic acid groups (broad SMARTS) is 1. The Kier molecular flexibility index (Phi) is 5.36. The van der Waals surface area contributed by atoms with Gasteiger partial charge in [0.2, 0.25) is 0 Å². The fourth-order valence-electron chi connectivity index (χ4n) is 2.03. The standard InChI is InChI=1S/C15H23NO3/c1-10(2)19-14-7-6-12(8-11(14)3)13(16(4)5)9-15(17)18/h6-8,10,13H,9H2,1-5H3,(H,17,18). The molecule has 106 valence electrons. The first-order valence-corrected chi connectivity index (χ1v) is 6.46. The van der Waals surface area contributed by atoms with E-state index in [1.54, 1.807) is 0 Å². The molecule has 1 aromatic rings. The number of carbonyl (C=O) groups is 1. The van der Waals surface area contributed by atoms with Gasteiger partial charge in [-0.1, -0.05) is 12.1 Å². The highest BCUT2D eigenvalue weighted by Crippen LogP contribution is 2.27. The normalized spacial score (nSPS) is 12.8. The molecule has 0 saturated carbocycles. The van der Waals surface area contributed by atoms with Crippen molar-refractivity contribution in [2.75, 3.05) is 14.1 Å². The summed E-state index contributed by atoms with van der Waals surface area (Å²) >= 11 is 0. The molecule has 4 heteroatoms. The van der Waals surface area contributed by atoms with Gasteiger partial charge in [0, 0.05) is 6.04 Å². The Hall–Kier alpha value is -1.55. The molecule has 0 aliphatic carbocycles. The number of ether oxygens (including phenoxy) is 1. The van der Waals surface area contributed by atoms with Crippen molar-refractivity contribution < 1.29 is 14.6 Å². The van der Waals surface area contributed by atoms with Crippen molar-refractivity contribution in [3.8, 4) is 5.75 Å². The van der Waals surface area contributed by atoms with E-state index in [2.05, 4.69) is 0 Å². The molecule has 1 N–H and O–H groups in total. The predicted molar refractivity (Wildman–Crippen MR) is 75.6 cm³/mol. The highest BCUT2D eigenvalue weighted by Gasteiger charge is 2.18. The second-order valence-corrected chi connectivity index (χ2v) is 5.27. The average Bonchev–Trinajstić information content (AvgIpc) is 2.27. The Morgan fingerprint density at radius 1 is 1.37 bits per heavy atom. The minimum absolute atomic E-state index is 0.0941. The van der Waals surface area contributed by atoms with Gasteiger partial charge < -0.3 is 14.7 Å². The van der Waals surface area contributed by atoms with Gasteiger partial charge in [-0.05, 0) is 52.1 Å². The quantitative estimate of drug-likeness (QED) is 0.859. The summed E-state index contributed by atoms with van der Waals surface area (Å²) < 4.78 is 5.69. The van der Waals surface area contributed by atoms with Crippen LogP contribution < -0.4 is 4.74 Å². The predicted octanol–water partition coefficient (Wildman–Crippen LogP) is 2.86.